The van der Waals surface area contributed by atoms with Crippen LogP contribution in [-0.2, 0) is 12.6 Å². The first-order valence-corrected chi connectivity index (χ1v) is 4.86. The Hall–Kier alpha value is -2.26. The number of carbonyl (C=O) groups is 1. The van der Waals surface area contributed by atoms with E-state index in [-0.39, 0.29) is 16.9 Å². The highest BCUT2D eigenvalue weighted by atomic mass is 19.4. The maximum atomic E-state index is 12.7. The maximum Gasteiger partial charge on any atom is 0.451 e. The average molecular weight is 260 g/mol. The first kappa shape index (κ1) is 12.2. The van der Waals surface area contributed by atoms with Crippen LogP contribution < -0.4 is 0 Å². The molecule has 0 aliphatic carbocycles. The zero-order valence-electron chi connectivity index (χ0n) is 9.09. The van der Waals surface area contributed by atoms with Gasteiger partial charge < -0.3 is 0 Å². The molecule has 0 spiro atoms. The van der Waals surface area contributed by atoms with Crippen molar-refractivity contribution < 1.29 is 18.0 Å². The molecule has 0 atom stereocenters. The lowest BCUT2D eigenvalue weighted by molar-refractivity contribution is -0.146. The summed E-state index contributed by atoms with van der Waals surface area (Å²) in [6.45, 7) is 1.58. The molecule has 2 heterocycles. The quantitative estimate of drug-likeness (QED) is 0.763. The molecule has 0 aliphatic heterocycles. The number of carbonyl (C=O) groups excluding carboxylic acids is 1. The van der Waals surface area contributed by atoms with Gasteiger partial charge in [-0.3, -0.25) is 0 Å². The normalized spacial score (nSPS) is 11.8. The van der Waals surface area contributed by atoms with E-state index in [2.05, 4.69) is 20.2 Å². The average Bonchev–Trinajstić information content (AvgIpc) is 2.96. The molecule has 0 amide bonds. The lowest BCUT2D eigenvalue weighted by Crippen LogP contribution is -2.27. The third-order valence-corrected chi connectivity index (χ3v) is 2.02. The van der Waals surface area contributed by atoms with Crippen molar-refractivity contribution in [3.05, 3.63) is 24.3 Å². The number of halogens is 3. The van der Waals surface area contributed by atoms with Crippen LogP contribution in [0.4, 0.5) is 18.0 Å². The van der Waals surface area contributed by atoms with Gasteiger partial charge in [0.2, 0.25) is 5.82 Å². The van der Waals surface area contributed by atoms with Crippen molar-refractivity contribution in [2.75, 3.05) is 0 Å². The molecule has 0 bridgehead atoms. The molecule has 10 heteroatoms. The smallest absolute Gasteiger partial charge is 0.243 e. The molecular formula is C8H7F3N6O. The second-order valence-corrected chi connectivity index (χ2v) is 3.24. The number of hydrogen-bond donors (Lipinski definition) is 0. The Labute approximate surface area is 98.3 Å². The summed E-state index contributed by atoms with van der Waals surface area (Å²) < 4.78 is 38.9. The molecule has 0 radical (unpaired) electrons. The molecule has 0 fully saturated rings. The molecule has 0 saturated heterocycles. The van der Waals surface area contributed by atoms with E-state index < -0.39 is 18.0 Å². The van der Waals surface area contributed by atoms with E-state index in [1.54, 1.807) is 6.92 Å². The van der Waals surface area contributed by atoms with E-state index in [1.165, 1.54) is 0 Å². The van der Waals surface area contributed by atoms with Gasteiger partial charge in [0, 0.05) is 6.42 Å². The van der Waals surface area contributed by atoms with E-state index in [9.17, 15) is 18.0 Å². The van der Waals surface area contributed by atoms with Crippen LogP contribution in [0.5, 0.6) is 0 Å². The summed E-state index contributed by atoms with van der Waals surface area (Å²) in [6.07, 6.45) is -2.57. The highest BCUT2D eigenvalue weighted by Crippen LogP contribution is 2.27. The topological polar surface area (TPSA) is 78.5 Å². The van der Waals surface area contributed by atoms with Crippen LogP contribution in [0.1, 0.15) is 18.6 Å². The number of nitrogens with zero attached hydrogens (tertiary/aromatic N) is 6. The van der Waals surface area contributed by atoms with Crippen molar-refractivity contribution in [1.82, 2.24) is 29.5 Å². The van der Waals surface area contributed by atoms with Gasteiger partial charge in [0.15, 0.2) is 5.82 Å². The van der Waals surface area contributed by atoms with Crippen LogP contribution in [0.15, 0.2) is 12.7 Å². The molecule has 7 nitrogen and oxygen atoms in total. The number of alkyl halides is 3. The Bertz CT molecular complexity index is 558. The van der Waals surface area contributed by atoms with Gasteiger partial charge in [0.1, 0.15) is 12.7 Å². The fraction of sp³-hybridized carbons (Fsp3) is 0.375. The third kappa shape index (κ3) is 2.08. The van der Waals surface area contributed by atoms with Crippen LogP contribution in [0.3, 0.4) is 0 Å². The fourth-order valence-electron chi connectivity index (χ4n) is 1.23. The summed E-state index contributed by atoms with van der Waals surface area (Å²) in [4.78, 5) is 18.5. The molecule has 96 valence electrons. The molecular weight excluding hydrogens is 253 g/mol. The van der Waals surface area contributed by atoms with Gasteiger partial charge in [-0.25, -0.2) is 14.8 Å². The Balaban J connectivity index is 2.50. The Kier molecular flexibility index (Phi) is 2.85. The molecule has 0 saturated carbocycles. The van der Waals surface area contributed by atoms with Crippen molar-refractivity contribution in [1.29, 1.82) is 0 Å². The minimum atomic E-state index is -4.77. The Morgan fingerprint density at radius 1 is 1.44 bits per heavy atom. The minimum Gasteiger partial charge on any atom is -0.243 e. The van der Waals surface area contributed by atoms with Crippen molar-refractivity contribution in [3.8, 4) is 0 Å². The van der Waals surface area contributed by atoms with Crippen molar-refractivity contribution in [2.45, 2.75) is 19.5 Å². The molecule has 0 unspecified atom stereocenters. The highest BCUT2D eigenvalue weighted by molar-refractivity contribution is 5.77. The summed E-state index contributed by atoms with van der Waals surface area (Å²) in [5.74, 6) is -1.45. The first-order chi connectivity index (χ1) is 8.43. The second-order valence-electron chi connectivity index (χ2n) is 3.24. The van der Waals surface area contributed by atoms with Gasteiger partial charge in [0.05, 0.1) is 0 Å². The summed E-state index contributed by atoms with van der Waals surface area (Å²) in [5.41, 5.74) is 0. The largest absolute Gasteiger partial charge is 0.451 e. The van der Waals surface area contributed by atoms with E-state index in [0.717, 1.165) is 12.7 Å². The van der Waals surface area contributed by atoms with E-state index >= 15 is 0 Å². The maximum absolute atomic E-state index is 12.7. The third-order valence-electron chi connectivity index (χ3n) is 2.02. The van der Waals surface area contributed by atoms with Gasteiger partial charge in [-0.2, -0.15) is 27.6 Å². The van der Waals surface area contributed by atoms with E-state index in [4.69, 9.17) is 0 Å². The predicted octanol–water partition coefficient (Wildman–Crippen LogP) is 0.967. The SMILES string of the molecule is CCc1nc(C(F)(F)F)n(C(=O)n2cncn2)n1. The van der Waals surface area contributed by atoms with Crippen LogP contribution in [0.25, 0.3) is 0 Å². The summed E-state index contributed by atoms with van der Waals surface area (Å²) in [7, 11) is 0. The molecule has 2 aromatic rings. The summed E-state index contributed by atoms with van der Waals surface area (Å²) in [5, 5.41) is 6.95. The zero-order valence-corrected chi connectivity index (χ0v) is 9.09. The zero-order chi connectivity index (χ0) is 13.3. The van der Waals surface area contributed by atoms with Crippen LogP contribution in [-0.4, -0.2) is 35.6 Å². The van der Waals surface area contributed by atoms with Crippen LogP contribution in [0, 0.1) is 0 Å². The van der Waals surface area contributed by atoms with E-state index in [0.29, 0.717) is 4.68 Å². The monoisotopic (exact) mass is 260 g/mol. The van der Waals surface area contributed by atoms with Crippen molar-refractivity contribution >= 4 is 6.03 Å². The van der Waals surface area contributed by atoms with Crippen LogP contribution >= 0.6 is 0 Å². The summed E-state index contributed by atoms with van der Waals surface area (Å²) in [6, 6.07) is -1.09. The standard InChI is InChI=1S/C8H7F3N6O/c1-2-5-14-6(8(9,10)11)17(15-5)7(18)16-4-12-3-13-16/h3-4H,2H2,1H3. The molecule has 0 N–H and O–H groups in total. The number of aryl methyl sites for hydroxylation is 1. The number of hydrogen-bond acceptors (Lipinski definition) is 5. The lowest BCUT2D eigenvalue weighted by Gasteiger charge is -2.06. The molecule has 2 rings (SSSR count). The summed E-state index contributed by atoms with van der Waals surface area (Å²) >= 11 is 0. The van der Waals surface area contributed by atoms with Crippen molar-refractivity contribution in [2.24, 2.45) is 0 Å². The van der Waals surface area contributed by atoms with Gasteiger partial charge in [-0.05, 0) is 0 Å². The molecule has 0 aromatic carbocycles. The minimum absolute atomic E-state index is 0.0733. The lowest BCUT2D eigenvalue weighted by atomic mass is 10.5. The molecule has 0 aliphatic rings. The Morgan fingerprint density at radius 2 is 2.17 bits per heavy atom. The molecule has 18 heavy (non-hydrogen) atoms. The van der Waals surface area contributed by atoms with Gasteiger partial charge >= 0.3 is 12.2 Å². The predicted molar refractivity (Wildman–Crippen MR) is 50.6 cm³/mol. The van der Waals surface area contributed by atoms with Gasteiger partial charge in [-0.1, -0.05) is 6.92 Å². The number of rotatable bonds is 1. The van der Waals surface area contributed by atoms with Gasteiger partial charge in [0.25, 0.3) is 0 Å². The van der Waals surface area contributed by atoms with Crippen LogP contribution in [0.2, 0.25) is 0 Å². The second kappa shape index (κ2) is 4.20. The Morgan fingerprint density at radius 3 is 2.67 bits per heavy atom. The highest BCUT2D eigenvalue weighted by Gasteiger charge is 2.40. The van der Waals surface area contributed by atoms with E-state index in [1.807, 2.05) is 0 Å². The first-order valence-electron chi connectivity index (χ1n) is 4.86. The molecule has 2 aromatic heterocycles. The van der Waals surface area contributed by atoms with Crippen molar-refractivity contribution in [3.63, 3.8) is 0 Å². The number of aromatic nitrogens is 6. The fourth-order valence-corrected chi connectivity index (χ4v) is 1.23. The van der Waals surface area contributed by atoms with Gasteiger partial charge in [-0.15, -0.1) is 5.10 Å².